The minimum atomic E-state index is 0.883. The Hall–Kier alpha value is -0.860. The predicted octanol–water partition coefficient (Wildman–Crippen LogP) is 2.47. The summed E-state index contributed by atoms with van der Waals surface area (Å²) in [5.74, 6) is 0. The van der Waals surface area contributed by atoms with Gasteiger partial charge in [-0.1, -0.05) is 37.6 Å². The third-order valence-electron chi connectivity index (χ3n) is 3.07. The average Bonchev–Trinajstić information content (AvgIpc) is 2.33. The molecule has 16 heavy (non-hydrogen) atoms. The van der Waals surface area contributed by atoms with Gasteiger partial charge in [0, 0.05) is 19.6 Å². The molecule has 0 radical (unpaired) electrons. The number of hydrogen-bond acceptors (Lipinski definition) is 2. The molecule has 0 saturated carbocycles. The summed E-state index contributed by atoms with van der Waals surface area (Å²) in [4.78, 5) is 2.46. The van der Waals surface area contributed by atoms with E-state index in [4.69, 9.17) is 4.74 Å². The Bertz CT molecular complexity index is 301. The molecule has 0 atom stereocenters. The first-order valence-electron chi connectivity index (χ1n) is 6.26. The summed E-state index contributed by atoms with van der Waals surface area (Å²) in [6, 6.07) is 9.06. The molecule has 0 bridgehead atoms. The van der Waals surface area contributed by atoms with E-state index in [9.17, 15) is 0 Å². The maximum Gasteiger partial charge on any atom is 0.0594 e. The number of nitrogens with zero attached hydrogens (tertiary/aromatic N) is 1. The third kappa shape index (κ3) is 3.32. The highest BCUT2D eigenvalue weighted by atomic mass is 16.5. The van der Waals surface area contributed by atoms with E-state index in [1.807, 2.05) is 0 Å². The molecule has 1 aromatic rings. The Morgan fingerprint density at radius 1 is 1.06 bits per heavy atom. The first-order chi connectivity index (χ1) is 7.88. The van der Waals surface area contributed by atoms with Crippen molar-refractivity contribution in [2.45, 2.75) is 26.3 Å². The summed E-state index contributed by atoms with van der Waals surface area (Å²) < 4.78 is 5.35. The zero-order valence-corrected chi connectivity index (χ0v) is 10.1. The van der Waals surface area contributed by atoms with Crippen LogP contribution in [-0.2, 0) is 17.7 Å². The lowest BCUT2D eigenvalue weighted by Gasteiger charge is -2.26. The molecule has 0 unspecified atom stereocenters. The number of benzene rings is 1. The lowest BCUT2D eigenvalue weighted by Crippen LogP contribution is -2.35. The van der Waals surface area contributed by atoms with Gasteiger partial charge in [0.1, 0.15) is 0 Å². The fraction of sp³-hybridized carbons (Fsp3) is 0.571. The van der Waals surface area contributed by atoms with Crippen molar-refractivity contribution in [3.8, 4) is 0 Å². The minimum absolute atomic E-state index is 0.883. The van der Waals surface area contributed by atoms with Crippen LogP contribution in [0.5, 0.6) is 0 Å². The van der Waals surface area contributed by atoms with Gasteiger partial charge >= 0.3 is 0 Å². The highest BCUT2D eigenvalue weighted by Gasteiger charge is 2.10. The highest BCUT2D eigenvalue weighted by Crippen LogP contribution is 2.10. The topological polar surface area (TPSA) is 12.5 Å². The van der Waals surface area contributed by atoms with E-state index >= 15 is 0 Å². The van der Waals surface area contributed by atoms with Crippen molar-refractivity contribution >= 4 is 0 Å². The molecule has 1 aliphatic rings. The molecule has 88 valence electrons. The second-order valence-electron chi connectivity index (χ2n) is 4.46. The van der Waals surface area contributed by atoms with E-state index in [2.05, 4.69) is 36.1 Å². The zero-order valence-electron chi connectivity index (χ0n) is 10.1. The van der Waals surface area contributed by atoms with Crippen molar-refractivity contribution in [1.29, 1.82) is 0 Å². The SMILES string of the molecule is CCCc1ccc(CN2CCOCC2)cc1. The summed E-state index contributed by atoms with van der Waals surface area (Å²) in [5.41, 5.74) is 2.87. The van der Waals surface area contributed by atoms with E-state index in [1.54, 1.807) is 0 Å². The molecule has 2 heteroatoms. The van der Waals surface area contributed by atoms with E-state index in [0.717, 1.165) is 32.8 Å². The van der Waals surface area contributed by atoms with Crippen LogP contribution in [0.3, 0.4) is 0 Å². The van der Waals surface area contributed by atoms with Crippen molar-refractivity contribution in [2.75, 3.05) is 26.3 Å². The van der Waals surface area contributed by atoms with Gasteiger partial charge in [-0.25, -0.2) is 0 Å². The Morgan fingerprint density at radius 3 is 2.31 bits per heavy atom. The monoisotopic (exact) mass is 219 g/mol. The molecule has 1 fully saturated rings. The molecule has 1 saturated heterocycles. The van der Waals surface area contributed by atoms with Crippen molar-refractivity contribution in [3.05, 3.63) is 35.4 Å². The van der Waals surface area contributed by atoms with Gasteiger partial charge in [-0.3, -0.25) is 4.90 Å². The van der Waals surface area contributed by atoms with Crippen molar-refractivity contribution in [1.82, 2.24) is 4.90 Å². The lowest BCUT2D eigenvalue weighted by molar-refractivity contribution is 0.0342. The number of rotatable bonds is 4. The van der Waals surface area contributed by atoms with Crippen LogP contribution in [-0.4, -0.2) is 31.2 Å². The molecule has 0 amide bonds. The Labute approximate surface area is 98.2 Å². The van der Waals surface area contributed by atoms with Gasteiger partial charge in [-0.15, -0.1) is 0 Å². The molecule has 0 spiro atoms. The lowest BCUT2D eigenvalue weighted by atomic mass is 10.1. The molecule has 1 aromatic carbocycles. The van der Waals surface area contributed by atoms with Crippen molar-refractivity contribution < 1.29 is 4.74 Å². The second-order valence-corrected chi connectivity index (χ2v) is 4.46. The first-order valence-corrected chi connectivity index (χ1v) is 6.26. The average molecular weight is 219 g/mol. The maximum atomic E-state index is 5.35. The zero-order chi connectivity index (χ0) is 11.2. The van der Waals surface area contributed by atoms with Crippen LogP contribution in [0.2, 0.25) is 0 Å². The van der Waals surface area contributed by atoms with E-state index in [-0.39, 0.29) is 0 Å². The fourth-order valence-corrected chi connectivity index (χ4v) is 2.12. The third-order valence-corrected chi connectivity index (χ3v) is 3.07. The van der Waals surface area contributed by atoms with Crippen LogP contribution in [0.1, 0.15) is 24.5 Å². The van der Waals surface area contributed by atoms with Crippen LogP contribution in [0, 0.1) is 0 Å². The maximum absolute atomic E-state index is 5.35. The molecular formula is C14H21NO. The molecule has 2 rings (SSSR count). The van der Waals surface area contributed by atoms with E-state index in [1.165, 1.54) is 24.0 Å². The van der Waals surface area contributed by atoms with Crippen LogP contribution < -0.4 is 0 Å². The normalized spacial score (nSPS) is 17.6. The summed E-state index contributed by atoms with van der Waals surface area (Å²) in [5, 5.41) is 0. The minimum Gasteiger partial charge on any atom is -0.379 e. The molecule has 0 aromatic heterocycles. The fourth-order valence-electron chi connectivity index (χ4n) is 2.12. The largest absolute Gasteiger partial charge is 0.379 e. The first kappa shape index (κ1) is 11.6. The quantitative estimate of drug-likeness (QED) is 0.771. The molecule has 0 N–H and O–H groups in total. The van der Waals surface area contributed by atoms with Crippen LogP contribution in [0.4, 0.5) is 0 Å². The van der Waals surface area contributed by atoms with Gasteiger partial charge in [0.2, 0.25) is 0 Å². The van der Waals surface area contributed by atoms with E-state index in [0.29, 0.717) is 0 Å². The molecular weight excluding hydrogens is 198 g/mol. The van der Waals surface area contributed by atoms with Crippen molar-refractivity contribution in [2.24, 2.45) is 0 Å². The Morgan fingerprint density at radius 2 is 1.69 bits per heavy atom. The summed E-state index contributed by atoms with van der Waals surface area (Å²) in [6.07, 6.45) is 2.42. The van der Waals surface area contributed by atoms with Crippen LogP contribution in [0.25, 0.3) is 0 Å². The van der Waals surface area contributed by atoms with Crippen LogP contribution >= 0.6 is 0 Å². The van der Waals surface area contributed by atoms with Gasteiger partial charge in [-0.05, 0) is 17.5 Å². The number of morpholine rings is 1. The van der Waals surface area contributed by atoms with Gasteiger partial charge < -0.3 is 4.74 Å². The number of aryl methyl sites for hydroxylation is 1. The Kier molecular flexibility index (Phi) is 4.37. The highest BCUT2D eigenvalue weighted by molar-refractivity contribution is 5.22. The molecule has 0 aliphatic carbocycles. The number of ether oxygens (including phenoxy) is 1. The van der Waals surface area contributed by atoms with Gasteiger partial charge in [0.25, 0.3) is 0 Å². The molecule has 1 aliphatic heterocycles. The van der Waals surface area contributed by atoms with Crippen molar-refractivity contribution in [3.63, 3.8) is 0 Å². The number of hydrogen-bond donors (Lipinski definition) is 0. The van der Waals surface area contributed by atoms with Gasteiger partial charge in [-0.2, -0.15) is 0 Å². The molecule has 2 nitrogen and oxygen atoms in total. The van der Waals surface area contributed by atoms with Gasteiger partial charge in [0.15, 0.2) is 0 Å². The summed E-state index contributed by atoms with van der Waals surface area (Å²) >= 11 is 0. The van der Waals surface area contributed by atoms with Crippen LogP contribution in [0.15, 0.2) is 24.3 Å². The predicted molar refractivity (Wildman–Crippen MR) is 66.5 cm³/mol. The molecule has 1 heterocycles. The van der Waals surface area contributed by atoms with E-state index < -0.39 is 0 Å². The smallest absolute Gasteiger partial charge is 0.0594 e. The summed E-state index contributed by atoms with van der Waals surface area (Å²) in [7, 11) is 0. The van der Waals surface area contributed by atoms with Gasteiger partial charge in [0.05, 0.1) is 13.2 Å². The second kappa shape index (κ2) is 6.02. The standard InChI is InChI=1S/C14H21NO/c1-2-3-13-4-6-14(7-5-13)12-15-8-10-16-11-9-15/h4-7H,2-3,8-12H2,1H3. The summed E-state index contributed by atoms with van der Waals surface area (Å²) in [6.45, 7) is 7.19. The Balaban J connectivity index is 1.88.